The quantitative estimate of drug-likeness (QED) is 0.589. The van der Waals surface area contributed by atoms with Crippen molar-refractivity contribution in [1.29, 1.82) is 0 Å². The van der Waals surface area contributed by atoms with Gasteiger partial charge in [0.2, 0.25) is 0 Å². The molecule has 1 aromatic heterocycles. The Bertz CT molecular complexity index is 472. The van der Waals surface area contributed by atoms with Crippen molar-refractivity contribution in [2.75, 3.05) is 12.0 Å². The second-order valence-corrected chi connectivity index (χ2v) is 5.94. The van der Waals surface area contributed by atoms with Gasteiger partial charge in [0.1, 0.15) is 0 Å². The van der Waals surface area contributed by atoms with Crippen LogP contribution in [0.5, 0.6) is 0 Å². The van der Waals surface area contributed by atoms with Gasteiger partial charge in [-0.1, -0.05) is 31.4 Å². The summed E-state index contributed by atoms with van der Waals surface area (Å²) in [6.07, 6.45) is 6.36. The highest BCUT2D eigenvalue weighted by molar-refractivity contribution is 6.33. The van der Waals surface area contributed by atoms with E-state index in [2.05, 4.69) is 22.7 Å². The number of hydrogen-bond acceptors (Lipinski definition) is 4. The number of nitrogens with one attached hydrogen (secondary N) is 2. The molecule has 0 unspecified atom stereocenters. The van der Waals surface area contributed by atoms with Crippen molar-refractivity contribution in [2.24, 2.45) is 17.7 Å². The van der Waals surface area contributed by atoms with Crippen molar-refractivity contribution >= 4 is 23.3 Å². The molecule has 0 spiro atoms. The fourth-order valence-electron chi connectivity index (χ4n) is 2.54. The lowest BCUT2D eigenvalue weighted by Crippen LogP contribution is -2.31. The van der Waals surface area contributed by atoms with Gasteiger partial charge in [0.25, 0.3) is 5.91 Å². The zero-order valence-electron chi connectivity index (χ0n) is 11.7. The first-order chi connectivity index (χ1) is 9.60. The van der Waals surface area contributed by atoms with Crippen molar-refractivity contribution < 1.29 is 4.79 Å². The minimum atomic E-state index is -0.137. The average Bonchev–Trinajstić information content (AvgIpc) is 2.46. The van der Waals surface area contributed by atoms with E-state index in [4.69, 9.17) is 17.4 Å². The first-order valence-corrected chi connectivity index (χ1v) is 7.38. The van der Waals surface area contributed by atoms with E-state index in [1.807, 2.05) is 0 Å². The first-order valence-electron chi connectivity index (χ1n) is 7.00. The molecule has 110 valence electrons. The Balaban J connectivity index is 1.87. The summed E-state index contributed by atoms with van der Waals surface area (Å²) in [6, 6.07) is 1.57. The van der Waals surface area contributed by atoms with E-state index < -0.39 is 0 Å². The number of nitrogen functional groups attached to an aromatic ring is 1. The number of pyridine rings is 1. The largest absolute Gasteiger partial charge is 0.352 e. The molecule has 1 amide bonds. The smallest absolute Gasteiger partial charge is 0.252 e. The highest BCUT2D eigenvalue weighted by Crippen LogP contribution is 2.27. The number of rotatable bonds is 4. The van der Waals surface area contributed by atoms with Crippen LogP contribution >= 0.6 is 11.6 Å². The van der Waals surface area contributed by atoms with Crippen LogP contribution in [-0.4, -0.2) is 17.4 Å². The number of nitrogens with two attached hydrogens (primary N) is 1. The Kier molecular flexibility index (Phi) is 5.20. The molecule has 1 aliphatic carbocycles. The minimum absolute atomic E-state index is 0.137. The average molecular weight is 297 g/mol. The lowest BCUT2D eigenvalue weighted by Gasteiger charge is -2.26. The molecule has 4 N–H and O–H groups in total. The number of amides is 1. The number of anilines is 1. The molecule has 5 nitrogen and oxygen atoms in total. The van der Waals surface area contributed by atoms with Crippen molar-refractivity contribution in [3.05, 3.63) is 22.8 Å². The summed E-state index contributed by atoms with van der Waals surface area (Å²) < 4.78 is 0. The Hall–Kier alpha value is -1.33. The zero-order valence-corrected chi connectivity index (χ0v) is 12.4. The van der Waals surface area contributed by atoms with Crippen LogP contribution in [0.1, 0.15) is 43.0 Å². The van der Waals surface area contributed by atoms with Crippen molar-refractivity contribution in [3.8, 4) is 0 Å². The standard InChI is InChI=1S/C14H21ClN4O/c1-9-2-4-10(5-3-9)7-18-14(20)11-6-12(15)13(19-16)17-8-11/h6,8-10H,2-5,7,16H2,1H3,(H,17,19)(H,18,20). The molecule has 2 rings (SSSR count). The van der Waals surface area contributed by atoms with Crippen LogP contribution < -0.4 is 16.6 Å². The number of halogens is 1. The van der Waals surface area contributed by atoms with Crippen LogP contribution in [0.2, 0.25) is 5.02 Å². The van der Waals surface area contributed by atoms with Gasteiger partial charge in [0, 0.05) is 12.7 Å². The van der Waals surface area contributed by atoms with E-state index in [1.54, 1.807) is 6.07 Å². The molecule has 0 saturated heterocycles. The maximum absolute atomic E-state index is 12.0. The van der Waals surface area contributed by atoms with E-state index in [0.717, 1.165) is 12.5 Å². The maximum atomic E-state index is 12.0. The fourth-order valence-corrected chi connectivity index (χ4v) is 2.76. The molecular formula is C14H21ClN4O. The number of aromatic nitrogens is 1. The SMILES string of the molecule is CC1CCC(CNC(=O)c2cnc(NN)c(Cl)c2)CC1. The van der Waals surface area contributed by atoms with Gasteiger partial charge in [-0.3, -0.25) is 4.79 Å². The van der Waals surface area contributed by atoms with Gasteiger partial charge in [-0.25, -0.2) is 10.8 Å². The molecule has 0 atom stereocenters. The van der Waals surface area contributed by atoms with Gasteiger partial charge in [-0.2, -0.15) is 0 Å². The molecule has 1 aliphatic rings. The van der Waals surface area contributed by atoms with Crippen molar-refractivity contribution in [1.82, 2.24) is 10.3 Å². The summed E-state index contributed by atoms with van der Waals surface area (Å²) in [4.78, 5) is 16.0. The van der Waals surface area contributed by atoms with Crippen molar-refractivity contribution in [3.63, 3.8) is 0 Å². The van der Waals surface area contributed by atoms with Crippen molar-refractivity contribution in [2.45, 2.75) is 32.6 Å². The Labute approximate surface area is 124 Å². The van der Waals surface area contributed by atoms with Gasteiger partial charge < -0.3 is 10.7 Å². The van der Waals surface area contributed by atoms with Crippen LogP contribution in [0.15, 0.2) is 12.3 Å². The van der Waals surface area contributed by atoms with E-state index in [0.29, 0.717) is 22.3 Å². The van der Waals surface area contributed by atoms with E-state index in [-0.39, 0.29) is 5.91 Å². The molecule has 1 aromatic rings. The third kappa shape index (κ3) is 3.84. The van der Waals surface area contributed by atoms with Crippen LogP contribution in [0, 0.1) is 11.8 Å². The van der Waals surface area contributed by atoms with Gasteiger partial charge in [-0.05, 0) is 30.7 Å². The van der Waals surface area contributed by atoms with Gasteiger partial charge in [-0.15, -0.1) is 0 Å². The summed E-state index contributed by atoms with van der Waals surface area (Å²) >= 11 is 5.95. The maximum Gasteiger partial charge on any atom is 0.252 e. The number of carbonyl (C=O) groups is 1. The van der Waals surface area contributed by atoms with Crippen LogP contribution in [0.3, 0.4) is 0 Å². The molecule has 0 radical (unpaired) electrons. The van der Waals surface area contributed by atoms with E-state index in [1.165, 1.54) is 31.9 Å². The van der Waals surface area contributed by atoms with Gasteiger partial charge >= 0.3 is 0 Å². The monoisotopic (exact) mass is 296 g/mol. The number of hydrogen-bond donors (Lipinski definition) is 3. The molecule has 1 fully saturated rings. The summed E-state index contributed by atoms with van der Waals surface area (Å²) in [7, 11) is 0. The van der Waals surface area contributed by atoms with Crippen LogP contribution in [0.4, 0.5) is 5.82 Å². The summed E-state index contributed by atoms with van der Waals surface area (Å²) in [5, 5.41) is 3.30. The van der Waals surface area contributed by atoms with Crippen LogP contribution in [0.25, 0.3) is 0 Å². The normalized spacial score (nSPS) is 22.4. The number of hydrazine groups is 1. The second kappa shape index (κ2) is 6.90. The Morgan fingerprint density at radius 2 is 2.15 bits per heavy atom. The van der Waals surface area contributed by atoms with Gasteiger partial charge in [0.05, 0.1) is 10.6 Å². The molecule has 20 heavy (non-hydrogen) atoms. The topological polar surface area (TPSA) is 80.0 Å². The molecule has 0 aromatic carbocycles. The molecule has 0 aliphatic heterocycles. The minimum Gasteiger partial charge on any atom is -0.352 e. The molecule has 6 heteroatoms. The highest BCUT2D eigenvalue weighted by Gasteiger charge is 2.19. The Morgan fingerprint density at radius 3 is 2.75 bits per heavy atom. The Morgan fingerprint density at radius 1 is 1.45 bits per heavy atom. The second-order valence-electron chi connectivity index (χ2n) is 5.53. The first kappa shape index (κ1) is 15.1. The number of carbonyl (C=O) groups excluding carboxylic acids is 1. The molecule has 1 saturated carbocycles. The molecular weight excluding hydrogens is 276 g/mol. The predicted molar refractivity (Wildman–Crippen MR) is 80.5 cm³/mol. The lowest BCUT2D eigenvalue weighted by atomic mass is 9.83. The lowest BCUT2D eigenvalue weighted by molar-refractivity contribution is 0.0941. The molecule has 0 bridgehead atoms. The number of nitrogens with zero attached hydrogens (tertiary/aromatic N) is 1. The zero-order chi connectivity index (χ0) is 14.5. The predicted octanol–water partition coefficient (Wildman–Crippen LogP) is 2.58. The van der Waals surface area contributed by atoms with Crippen LogP contribution in [-0.2, 0) is 0 Å². The third-order valence-electron chi connectivity index (χ3n) is 3.93. The molecule has 1 heterocycles. The fraction of sp³-hybridized carbons (Fsp3) is 0.571. The van der Waals surface area contributed by atoms with E-state index >= 15 is 0 Å². The summed E-state index contributed by atoms with van der Waals surface area (Å²) in [5.74, 6) is 6.88. The van der Waals surface area contributed by atoms with E-state index in [9.17, 15) is 4.79 Å². The third-order valence-corrected chi connectivity index (χ3v) is 4.21. The summed E-state index contributed by atoms with van der Waals surface area (Å²) in [6.45, 7) is 3.01. The highest BCUT2D eigenvalue weighted by atomic mass is 35.5. The summed E-state index contributed by atoms with van der Waals surface area (Å²) in [5.41, 5.74) is 2.83. The van der Waals surface area contributed by atoms with Gasteiger partial charge in [0.15, 0.2) is 5.82 Å².